The minimum absolute atomic E-state index is 0.00782. The average Bonchev–Trinajstić information content (AvgIpc) is 3.45. The third-order valence-corrected chi connectivity index (χ3v) is 8.28. The Kier molecular flexibility index (Phi) is 6.12. The highest BCUT2D eigenvalue weighted by molar-refractivity contribution is 7.17. The number of ether oxygens (including phenoxy) is 1. The fourth-order valence-electron chi connectivity index (χ4n) is 5.63. The monoisotopic (exact) mass is 469 g/mol. The Hall–Kier alpha value is -2.67. The average molecular weight is 470 g/mol. The number of esters is 1. The number of amides is 1. The number of carbonyl (C=O) groups excluding carboxylic acids is 2. The van der Waals surface area contributed by atoms with Gasteiger partial charge in [0, 0.05) is 10.4 Å². The van der Waals surface area contributed by atoms with Gasteiger partial charge in [-0.05, 0) is 54.6 Å². The van der Waals surface area contributed by atoms with Crippen molar-refractivity contribution in [1.82, 2.24) is 0 Å². The number of carbonyl (C=O) groups is 3. The summed E-state index contributed by atoms with van der Waals surface area (Å²) in [6.45, 7) is 8.35. The predicted octanol–water partition coefficient (Wildman–Crippen LogP) is 5.49. The van der Waals surface area contributed by atoms with Gasteiger partial charge in [-0.3, -0.25) is 9.59 Å². The molecule has 2 saturated carbocycles. The Labute approximate surface area is 198 Å². The Morgan fingerprint density at radius 1 is 1.06 bits per heavy atom. The molecular weight excluding hydrogens is 438 g/mol. The van der Waals surface area contributed by atoms with Gasteiger partial charge in [0.05, 0.1) is 18.9 Å². The Morgan fingerprint density at radius 2 is 1.67 bits per heavy atom. The van der Waals surface area contributed by atoms with Crippen molar-refractivity contribution in [3.05, 3.63) is 40.3 Å². The molecule has 0 radical (unpaired) electrons. The molecule has 1 aromatic heterocycles. The number of anilines is 1. The smallest absolute Gasteiger partial charge is 0.341 e. The van der Waals surface area contributed by atoms with Crippen LogP contribution in [0.15, 0.2) is 24.3 Å². The van der Waals surface area contributed by atoms with E-state index in [0.29, 0.717) is 10.6 Å². The molecule has 0 unspecified atom stereocenters. The third kappa shape index (κ3) is 4.19. The highest BCUT2D eigenvalue weighted by atomic mass is 32.1. The molecule has 2 bridgehead atoms. The van der Waals surface area contributed by atoms with E-state index in [9.17, 15) is 19.5 Å². The Balaban J connectivity index is 1.69. The molecule has 176 valence electrons. The molecule has 2 fully saturated rings. The summed E-state index contributed by atoms with van der Waals surface area (Å²) >= 11 is 1.33. The minimum atomic E-state index is -0.905. The number of benzene rings is 1. The summed E-state index contributed by atoms with van der Waals surface area (Å²) < 4.78 is 5.07. The topological polar surface area (TPSA) is 92.7 Å². The van der Waals surface area contributed by atoms with Crippen LogP contribution in [0.2, 0.25) is 0 Å². The number of hydrogen-bond acceptors (Lipinski definition) is 5. The number of hydrogen-bond donors (Lipinski definition) is 2. The number of carboxylic acid groups (broad SMARTS) is 1. The van der Waals surface area contributed by atoms with Crippen molar-refractivity contribution in [2.75, 3.05) is 12.4 Å². The van der Waals surface area contributed by atoms with Crippen LogP contribution >= 0.6 is 11.3 Å². The lowest BCUT2D eigenvalue weighted by Crippen LogP contribution is -2.37. The van der Waals surface area contributed by atoms with Crippen LogP contribution in [-0.2, 0) is 19.7 Å². The van der Waals surface area contributed by atoms with Crippen molar-refractivity contribution in [2.45, 2.75) is 52.4 Å². The number of thiophene rings is 1. The second kappa shape index (κ2) is 8.60. The molecular formula is C26H31NO5S. The number of methoxy groups -OCH3 is 1. The summed E-state index contributed by atoms with van der Waals surface area (Å²) in [5.41, 5.74) is 3.13. The summed E-state index contributed by atoms with van der Waals surface area (Å²) in [5.74, 6) is -2.81. The maximum Gasteiger partial charge on any atom is 0.341 e. The van der Waals surface area contributed by atoms with Crippen LogP contribution in [0.5, 0.6) is 0 Å². The van der Waals surface area contributed by atoms with Gasteiger partial charge in [0.25, 0.3) is 0 Å². The number of fused-ring (bicyclic) bond motifs is 2. The highest BCUT2D eigenvalue weighted by Crippen LogP contribution is 2.53. The maximum atomic E-state index is 13.3. The third-order valence-electron chi connectivity index (χ3n) is 7.25. The summed E-state index contributed by atoms with van der Waals surface area (Å²) in [6, 6.07) is 8.09. The molecule has 7 heteroatoms. The van der Waals surface area contributed by atoms with Crippen LogP contribution < -0.4 is 5.32 Å². The van der Waals surface area contributed by atoms with E-state index in [1.54, 1.807) is 0 Å². The van der Waals surface area contributed by atoms with Gasteiger partial charge in [-0.25, -0.2) is 4.79 Å². The van der Waals surface area contributed by atoms with Crippen LogP contribution in [0.25, 0.3) is 11.1 Å². The van der Waals surface area contributed by atoms with E-state index < -0.39 is 23.8 Å². The van der Waals surface area contributed by atoms with E-state index in [1.165, 1.54) is 24.0 Å². The molecule has 1 amide bonds. The van der Waals surface area contributed by atoms with Gasteiger partial charge in [0.1, 0.15) is 10.6 Å². The van der Waals surface area contributed by atoms with Crippen molar-refractivity contribution in [3.8, 4) is 11.1 Å². The van der Waals surface area contributed by atoms with Crippen LogP contribution in [0, 0.1) is 30.6 Å². The highest BCUT2D eigenvalue weighted by Gasteiger charge is 2.54. The van der Waals surface area contributed by atoms with Gasteiger partial charge in [-0.2, -0.15) is 0 Å². The van der Waals surface area contributed by atoms with Crippen molar-refractivity contribution in [3.63, 3.8) is 0 Å². The maximum absolute atomic E-state index is 13.3. The Bertz CT molecular complexity index is 1100. The van der Waals surface area contributed by atoms with Crippen LogP contribution in [0.3, 0.4) is 0 Å². The number of rotatable bonds is 5. The molecule has 0 spiro atoms. The zero-order valence-electron chi connectivity index (χ0n) is 19.7. The van der Waals surface area contributed by atoms with Crippen molar-refractivity contribution in [1.29, 1.82) is 0 Å². The molecule has 2 aromatic rings. The lowest BCUT2D eigenvalue weighted by molar-refractivity contribution is -0.148. The summed E-state index contributed by atoms with van der Waals surface area (Å²) in [7, 11) is 1.32. The van der Waals surface area contributed by atoms with Crippen LogP contribution in [0.1, 0.15) is 60.8 Å². The lowest BCUT2D eigenvalue weighted by Gasteiger charge is -2.26. The number of nitrogens with one attached hydrogen (secondary N) is 1. The molecule has 33 heavy (non-hydrogen) atoms. The fourth-order valence-corrected chi connectivity index (χ4v) is 6.70. The first-order valence-electron chi connectivity index (χ1n) is 11.4. The van der Waals surface area contributed by atoms with E-state index in [2.05, 4.69) is 38.2 Å². The molecule has 2 aliphatic carbocycles. The molecule has 0 aliphatic heterocycles. The summed E-state index contributed by atoms with van der Waals surface area (Å²) in [6.07, 6.45) is 2.53. The van der Waals surface area contributed by atoms with Gasteiger partial charge in [-0.1, -0.05) is 45.0 Å². The SMILES string of the molecule is COC(=O)c1c(NC(=O)[C@H]2[C@H]3CC[C@@H](C3)[C@H]2C(=O)O)sc(C)c1-c1ccc(C(C)(C)C)cc1. The van der Waals surface area contributed by atoms with Crippen LogP contribution in [0.4, 0.5) is 5.00 Å². The molecule has 4 rings (SSSR count). The summed E-state index contributed by atoms with van der Waals surface area (Å²) in [4.78, 5) is 38.8. The standard InChI is InChI=1S/C26H31NO5S/c1-13-18(14-8-10-17(11-9-14)26(2,3)4)21(25(31)32-5)23(33-13)27-22(28)19-15-6-7-16(12-15)20(19)24(29)30/h8-11,15-16,19-20H,6-7,12H2,1-5H3,(H,27,28)(H,29,30)/t15-,16-,19-,20+/m0/s1. The lowest BCUT2D eigenvalue weighted by atomic mass is 9.78. The number of aliphatic carboxylic acids is 1. The molecule has 2 aliphatic rings. The van der Waals surface area contributed by atoms with E-state index in [0.717, 1.165) is 35.3 Å². The van der Waals surface area contributed by atoms with Crippen LogP contribution in [-0.4, -0.2) is 30.1 Å². The molecule has 1 heterocycles. The van der Waals surface area contributed by atoms with Gasteiger partial charge in [0.15, 0.2) is 0 Å². The largest absolute Gasteiger partial charge is 0.481 e. The first-order valence-corrected chi connectivity index (χ1v) is 12.2. The Morgan fingerprint density at radius 3 is 2.21 bits per heavy atom. The zero-order valence-corrected chi connectivity index (χ0v) is 20.5. The van der Waals surface area contributed by atoms with E-state index in [4.69, 9.17) is 4.74 Å². The van der Waals surface area contributed by atoms with E-state index >= 15 is 0 Å². The van der Waals surface area contributed by atoms with Gasteiger partial charge in [0.2, 0.25) is 5.91 Å². The summed E-state index contributed by atoms with van der Waals surface area (Å²) in [5, 5.41) is 13.1. The molecule has 2 N–H and O–H groups in total. The first kappa shape index (κ1) is 23.5. The molecule has 0 saturated heterocycles. The van der Waals surface area contributed by atoms with Crippen molar-refractivity contribution < 1.29 is 24.2 Å². The quantitative estimate of drug-likeness (QED) is 0.565. The van der Waals surface area contributed by atoms with Gasteiger partial charge >= 0.3 is 11.9 Å². The van der Waals surface area contributed by atoms with Gasteiger partial charge < -0.3 is 15.2 Å². The number of aryl methyl sites for hydroxylation is 1. The zero-order chi connectivity index (χ0) is 24.1. The van der Waals surface area contributed by atoms with Gasteiger partial charge in [-0.15, -0.1) is 11.3 Å². The second-order valence-electron chi connectivity index (χ2n) is 10.3. The molecule has 6 nitrogen and oxygen atoms in total. The second-order valence-corrected chi connectivity index (χ2v) is 11.5. The molecule has 4 atom stereocenters. The van der Waals surface area contributed by atoms with E-state index in [-0.39, 0.29) is 23.2 Å². The molecule has 1 aromatic carbocycles. The normalized spacial score (nSPS) is 24.0. The first-order chi connectivity index (χ1) is 15.5. The van der Waals surface area contributed by atoms with E-state index in [1.807, 2.05) is 19.1 Å². The minimum Gasteiger partial charge on any atom is -0.481 e. The van der Waals surface area contributed by atoms with Crippen molar-refractivity contribution in [2.24, 2.45) is 23.7 Å². The number of carboxylic acids is 1. The fraction of sp³-hybridized carbons (Fsp3) is 0.500. The predicted molar refractivity (Wildman–Crippen MR) is 129 cm³/mol. The van der Waals surface area contributed by atoms with Crippen molar-refractivity contribution >= 4 is 34.2 Å².